The van der Waals surface area contributed by atoms with Gasteiger partial charge in [0.1, 0.15) is 5.82 Å². The zero-order valence-electron chi connectivity index (χ0n) is 10.6. The number of hydrogen-bond acceptors (Lipinski definition) is 2. The van der Waals surface area contributed by atoms with Gasteiger partial charge in [-0.25, -0.2) is 4.39 Å². The third kappa shape index (κ3) is 3.64. The van der Waals surface area contributed by atoms with Crippen molar-refractivity contribution >= 4 is 0 Å². The molecule has 0 aliphatic heterocycles. The second kappa shape index (κ2) is 6.12. The maximum Gasteiger partial charge on any atom is 0.124 e. The lowest BCUT2D eigenvalue weighted by molar-refractivity contribution is 0.0524. The second-order valence-electron chi connectivity index (χ2n) is 4.32. The minimum Gasteiger partial charge on any atom is -0.369 e. The molecule has 1 unspecified atom stereocenters. The molecule has 0 aliphatic rings. The van der Waals surface area contributed by atoms with Gasteiger partial charge in [0, 0.05) is 0 Å². The molecule has 19 heavy (non-hydrogen) atoms. The molecule has 0 N–H and O–H groups in total. The maximum absolute atomic E-state index is 13.3. The van der Waals surface area contributed by atoms with Crippen LogP contribution in [0.4, 0.5) is 4.39 Å². The molecule has 2 rings (SSSR count). The fourth-order valence-corrected chi connectivity index (χ4v) is 1.84. The topological polar surface area (TPSA) is 33.0 Å². The molecule has 0 aliphatic carbocycles. The number of halogens is 1. The van der Waals surface area contributed by atoms with Crippen LogP contribution < -0.4 is 0 Å². The van der Waals surface area contributed by atoms with Crippen molar-refractivity contribution < 1.29 is 9.13 Å². The summed E-state index contributed by atoms with van der Waals surface area (Å²) in [6.45, 7) is 2.22. The summed E-state index contributed by atoms with van der Waals surface area (Å²) in [6.07, 6.45) is -0.0741. The van der Waals surface area contributed by atoms with E-state index in [1.165, 1.54) is 12.1 Å². The highest BCUT2D eigenvalue weighted by Gasteiger charge is 2.06. The van der Waals surface area contributed by atoms with Gasteiger partial charge in [0.25, 0.3) is 0 Å². The van der Waals surface area contributed by atoms with E-state index in [-0.39, 0.29) is 12.7 Å². The Morgan fingerprint density at radius 1 is 1.21 bits per heavy atom. The van der Waals surface area contributed by atoms with E-state index in [2.05, 4.69) is 0 Å². The quantitative estimate of drug-likeness (QED) is 0.828. The SMILES string of the molecule is CC(OCc1cc(F)cc(C#N)c1)c1ccccc1. The standard InChI is InChI=1S/C16H14FNO/c1-12(15-5-3-2-4-6-15)19-11-14-7-13(10-18)8-16(17)9-14/h2-9,12H,11H2,1H3. The van der Waals surface area contributed by atoms with Crippen molar-refractivity contribution in [3.8, 4) is 6.07 Å². The minimum atomic E-state index is -0.412. The van der Waals surface area contributed by atoms with Gasteiger partial charge in [-0.1, -0.05) is 30.3 Å². The lowest BCUT2D eigenvalue weighted by Gasteiger charge is -2.13. The molecule has 2 nitrogen and oxygen atoms in total. The molecule has 0 amide bonds. The normalized spacial score (nSPS) is 11.8. The van der Waals surface area contributed by atoms with Crippen LogP contribution in [0.25, 0.3) is 0 Å². The monoisotopic (exact) mass is 255 g/mol. The number of hydrogen-bond donors (Lipinski definition) is 0. The Balaban J connectivity index is 2.03. The number of benzene rings is 2. The predicted octanol–water partition coefficient (Wildman–Crippen LogP) is 3.98. The Labute approximate surface area is 112 Å². The van der Waals surface area contributed by atoms with Crippen LogP contribution in [-0.4, -0.2) is 0 Å². The van der Waals surface area contributed by atoms with Crippen molar-refractivity contribution in [1.29, 1.82) is 5.26 Å². The minimum absolute atomic E-state index is 0.0741. The predicted molar refractivity (Wildman–Crippen MR) is 70.8 cm³/mol. The summed E-state index contributed by atoms with van der Waals surface area (Å²) >= 11 is 0. The summed E-state index contributed by atoms with van der Waals surface area (Å²) in [5.74, 6) is -0.412. The molecule has 0 saturated carbocycles. The molecule has 0 fully saturated rings. The van der Waals surface area contributed by atoms with Crippen molar-refractivity contribution in [3.63, 3.8) is 0 Å². The summed E-state index contributed by atoms with van der Waals surface area (Å²) in [5.41, 5.74) is 2.05. The maximum atomic E-state index is 13.3. The number of ether oxygens (including phenoxy) is 1. The van der Waals surface area contributed by atoms with Crippen LogP contribution in [0.15, 0.2) is 48.5 Å². The van der Waals surface area contributed by atoms with Crippen LogP contribution in [0.1, 0.15) is 29.7 Å². The summed E-state index contributed by atoms with van der Waals surface area (Å²) in [7, 11) is 0. The molecule has 96 valence electrons. The lowest BCUT2D eigenvalue weighted by atomic mass is 10.1. The zero-order chi connectivity index (χ0) is 13.7. The first-order chi connectivity index (χ1) is 9.19. The molecule has 0 heterocycles. The van der Waals surface area contributed by atoms with Gasteiger partial charge in [0.15, 0.2) is 0 Å². The lowest BCUT2D eigenvalue weighted by Crippen LogP contribution is -2.01. The first kappa shape index (κ1) is 13.3. The Morgan fingerprint density at radius 2 is 1.95 bits per heavy atom. The van der Waals surface area contributed by atoms with E-state index in [1.54, 1.807) is 6.07 Å². The largest absolute Gasteiger partial charge is 0.369 e. The van der Waals surface area contributed by atoms with Gasteiger partial charge in [0.2, 0.25) is 0 Å². The first-order valence-electron chi connectivity index (χ1n) is 6.05. The van der Waals surface area contributed by atoms with Gasteiger partial charge in [0.05, 0.1) is 24.3 Å². The highest BCUT2D eigenvalue weighted by molar-refractivity contribution is 5.33. The summed E-state index contributed by atoms with van der Waals surface area (Å²) in [6, 6.07) is 16.0. The Morgan fingerprint density at radius 3 is 2.63 bits per heavy atom. The molecule has 0 saturated heterocycles. The van der Waals surface area contributed by atoms with E-state index in [0.29, 0.717) is 11.1 Å². The average molecular weight is 255 g/mol. The van der Waals surface area contributed by atoms with E-state index in [0.717, 1.165) is 5.56 Å². The third-order valence-electron chi connectivity index (χ3n) is 2.86. The number of rotatable bonds is 4. The highest BCUT2D eigenvalue weighted by atomic mass is 19.1. The van der Waals surface area contributed by atoms with E-state index in [1.807, 2.05) is 43.3 Å². The molecule has 0 aromatic heterocycles. The molecule has 3 heteroatoms. The smallest absolute Gasteiger partial charge is 0.124 e. The third-order valence-corrected chi connectivity index (χ3v) is 2.86. The van der Waals surface area contributed by atoms with Crippen LogP contribution in [0.5, 0.6) is 0 Å². The van der Waals surface area contributed by atoms with Crippen LogP contribution in [0.2, 0.25) is 0 Å². The van der Waals surface area contributed by atoms with Crippen LogP contribution in [-0.2, 0) is 11.3 Å². The van der Waals surface area contributed by atoms with E-state index < -0.39 is 5.82 Å². The van der Waals surface area contributed by atoms with Crippen molar-refractivity contribution in [1.82, 2.24) is 0 Å². The van der Waals surface area contributed by atoms with Crippen LogP contribution in [0, 0.1) is 17.1 Å². The summed E-state index contributed by atoms with van der Waals surface area (Å²) in [5, 5.41) is 8.78. The van der Waals surface area contributed by atoms with Gasteiger partial charge in [-0.15, -0.1) is 0 Å². The van der Waals surface area contributed by atoms with Gasteiger partial charge >= 0.3 is 0 Å². The average Bonchev–Trinajstić information content (AvgIpc) is 2.45. The van der Waals surface area contributed by atoms with Crippen molar-refractivity contribution in [2.75, 3.05) is 0 Å². The zero-order valence-corrected chi connectivity index (χ0v) is 10.6. The van der Waals surface area contributed by atoms with Gasteiger partial charge in [-0.05, 0) is 36.2 Å². The van der Waals surface area contributed by atoms with Gasteiger partial charge < -0.3 is 4.74 Å². The molecule has 1 atom stereocenters. The molecule has 0 spiro atoms. The molecule has 0 radical (unpaired) electrons. The Kier molecular flexibility index (Phi) is 4.27. The molecular formula is C16H14FNO. The Bertz CT molecular complexity index is 589. The van der Waals surface area contributed by atoms with Crippen molar-refractivity contribution in [2.45, 2.75) is 19.6 Å². The van der Waals surface area contributed by atoms with Crippen LogP contribution in [0.3, 0.4) is 0 Å². The molecule has 0 bridgehead atoms. The van der Waals surface area contributed by atoms with E-state index >= 15 is 0 Å². The Hall–Kier alpha value is -2.18. The first-order valence-corrected chi connectivity index (χ1v) is 6.05. The van der Waals surface area contributed by atoms with Gasteiger partial charge in [-0.3, -0.25) is 0 Å². The van der Waals surface area contributed by atoms with E-state index in [4.69, 9.17) is 10.00 Å². The van der Waals surface area contributed by atoms with Crippen molar-refractivity contribution in [2.24, 2.45) is 0 Å². The number of nitrogens with zero attached hydrogens (tertiary/aromatic N) is 1. The summed E-state index contributed by atoms with van der Waals surface area (Å²) < 4.78 is 18.9. The van der Waals surface area contributed by atoms with Crippen LogP contribution >= 0.6 is 0 Å². The fourth-order valence-electron chi connectivity index (χ4n) is 1.84. The summed E-state index contributed by atoms with van der Waals surface area (Å²) in [4.78, 5) is 0. The molecule has 2 aromatic carbocycles. The molecular weight excluding hydrogens is 241 g/mol. The highest BCUT2D eigenvalue weighted by Crippen LogP contribution is 2.19. The van der Waals surface area contributed by atoms with Gasteiger partial charge in [-0.2, -0.15) is 5.26 Å². The van der Waals surface area contributed by atoms with Crippen molar-refractivity contribution in [3.05, 3.63) is 71.0 Å². The number of nitriles is 1. The molecule has 2 aromatic rings. The second-order valence-corrected chi connectivity index (χ2v) is 4.32. The fraction of sp³-hybridized carbons (Fsp3) is 0.188. The van der Waals surface area contributed by atoms with E-state index in [9.17, 15) is 4.39 Å².